The Hall–Kier alpha value is -3.76. The second-order valence-corrected chi connectivity index (χ2v) is 13.6. The Labute approximate surface area is 271 Å². The van der Waals surface area contributed by atoms with E-state index in [1.54, 1.807) is 48.5 Å². The second-order valence-electron chi connectivity index (χ2n) is 11.3. The minimum Gasteiger partial charge on any atom is -0.493 e. The highest BCUT2D eigenvalue weighted by molar-refractivity contribution is 7.92. The van der Waals surface area contributed by atoms with Crippen LogP contribution in [0.3, 0.4) is 0 Å². The van der Waals surface area contributed by atoms with Gasteiger partial charge in [0.25, 0.3) is 10.0 Å². The zero-order chi connectivity index (χ0) is 32.6. The monoisotopic (exact) mass is 655 g/mol. The van der Waals surface area contributed by atoms with Crippen LogP contribution < -0.4 is 19.1 Å². The lowest BCUT2D eigenvalue weighted by Gasteiger charge is -2.34. The summed E-state index contributed by atoms with van der Waals surface area (Å²) in [6.07, 6.45) is 5.40. The molecular weight excluding hydrogens is 614 g/mol. The van der Waals surface area contributed by atoms with Gasteiger partial charge in [0.15, 0.2) is 11.5 Å². The van der Waals surface area contributed by atoms with Crippen LogP contribution in [0.4, 0.5) is 5.69 Å². The van der Waals surface area contributed by atoms with E-state index in [1.807, 2.05) is 13.8 Å². The highest BCUT2D eigenvalue weighted by Crippen LogP contribution is 2.32. The van der Waals surface area contributed by atoms with Crippen LogP contribution in [0.5, 0.6) is 11.5 Å². The number of nitrogens with zero attached hydrogens (tertiary/aromatic N) is 2. The Morgan fingerprint density at radius 2 is 1.58 bits per heavy atom. The molecule has 1 fully saturated rings. The summed E-state index contributed by atoms with van der Waals surface area (Å²) in [5.74, 6) is -0.140. The van der Waals surface area contributed by atoms with Crippen LogP contribution in [0.2, 0.25) is 5.02 Å². The summed E-state index contributed by atoms with van der Waals surface area (Å²) >= 11 is 6.12. The lowest BCUT2D eigenvalue weighted by Crippen LogP contribution is -2.54. The van der Waals surface area contributed by atoms with E-state index in [1.165, 1.54) is 37.3 Å². The Balaban J connectivity index is 1.73. The number of sulfonamides is 1. The summed E-state index contributed by atoms with van der Waals surface area (Å²) in [6.45, 7) is 3.32. The number of rotatable bonds is 13. The van der Waals surface area contributed by atoms with Crippen LogP contribution >= 0.6 is 11.6 Å². The molecule has 3 aromatic rings. The predicted octanol–water partition coefficient (Wildman–Crippen LogP) is 6.12. The van der Waals surface area contributed by atoms with Crippen molar-refractivity contribution in [2.24, 2.45) is 0 Å². The molecule has 0 radical (unpaired) electrons. The number of halogens is 1. The molecule has 45 heavy (non-hydrogen) atoms. The van der Waals surface area contributed by atoms with Crippen LogP contribution in [0.1, 0.15) is 56.6 Å². The number of hydrogen-bond donors (Lipinski definition) is 1. The van der Waals surface area contributed by atoms with Crippen molar-refractivity contribution in [2.45, 2.75) is 75.9 Å². The quantitative estimate of drug-likeness (QED) is 0.238. The molecule has 1 atom stereocenters. The van der Waals surface area contributed by atoms with Crippen molar-refractivity contribution in [3.8, 4) is 11.5 Å². The van der Waals surface area contributed by atoms with Gasteiger partial charge in [-0.25, -0.2) is 8.42 Å². The maximum Gasteiger partial charge on any atom is 0.264 e. The molecule has 1 unspecified atom stereocenters. The standard InChI is InChI=1S/C34H42ClN3O6S/c1-5-30(34(40)36-27-9-7-6-8-10-27)37(22-25-13-15-26(35)16-14-25)33(39)23-38(28-17-11-24(2)12-18-28)45(41,42)29-19-20-31(43-3)32(21-29)44-4/h11-21,27,30H,5-10,22-23H2,1-4H3,(H,36,40). The summed E-state index contributed by atoms with van der Waals surface area (Å²) in [4.78, 5) is 29.4. The van der Waals surface area contributed by atoms with Gasteiger partial charge in [-0.2, -0.15) is 0 Å². The van der Waals surface area contributed by atoms with Crippen LogP contribution in [-0.2, 0) is 26.2 Å². The van der Waals surface area contributed by atoms with E-state index in [4.69, 9.17) is 21.1 Å². The lowest BCUT2D eigenvalue weighted by atomic mass is 9.95. The maximum atomic E-state index is 14.3. The topological polar surface area (TPSA) is 105 Å². The Bertz CT molecular complexity index is 1560. The van der Waals surface area contributed by atoms with Crippen molar-refractivity contribution in [3.05, 3.63) is 82.9 Å². The van der Waals surface area contributed by atoms with Crippen molar-refractivity contribution < 1.29 is 27.5 Å². The number of methoxy groups -OCH3 is 2. The minimum absolute atomic E-state index is 0.0577. The molecule has 3 aromatic carbocycles. The molecule has 1 saturated carbocycles. The van der Waals surface area contributed by atoms with Crippen molar-refractivity contribution in [2.75, 3.05) is 25.1 Å². The summed E-state index contributed by atoms with van der Waals surface area (Å²) < 4.78 is 40.2. The van der Waals surface area contributed by atoms with Gasteiger partial charge in [0.2, 0.25) is 11.8 Å². The number of carbonyl (C=O) groups is 2. The summed E-state index contributed by atoms with van der Waals surface area (Å²) in [5.41, 5.74) is 2.01. The second kappa shape index (κ2) is 15.5. The predicted molar refractivity (Wildman–Crippen MR) is 176 cm³/mol. The third kappa shape index (κ3) is 8.49. The van der Waals surface area contributed by atoms with Crippen LogP contribution in [0.25, 0.3) is 0 Å². The average Bonchev–Trinajstić information content (AvgIpc) is 3.04. The molecule has 0 aromatic heterocycles. The summed E-state index contributed by atoms with van der Waals surface area (Å²) in [5, 5.41) is 3.71. The van der Waals surface area contributed by atoms with Gasteiger partial charge in [-0.15, -0.1) is 0 Å². The molecule has 9 nitrogen and oxygen atoms in total. The minimum atomic E-state index is -4.27. The number of amides is 2. The number of carbonyl (C=O) groups excluding carboxylic acids is 2. The highest BCUT2D eigenvalue weighted by atomic mass is 35.5. The Morgan fingerprint density at radius 1 is 0.933 bits per heavy atom. The van der Waals surface area contributed by atoms with Gasteiger partial charge in [-0.05, 0) is 68.1 Å². The Kier molecular flexibility index (Phi) is 11.7. The van der Waals surface area contributed by atoms with Crippen LogP contribution in [0.15, 0.2) is 71.6 Å². The van der Waals surface area contributed by atoms with Gasteiger partial charge in [0, 0.05) is 23.7 Å². The number of anilines is 1. The molecule has 0 saturated heterocycles. The largest absolute Gasteiger partial charge is 0.493 e. The number of aryl methyl sites for hydroxylation is 1. The first kappa shape index (κ1) is 34.1. The van der Waals surface area contributed by atoms with Gasteiger partial charge in [-0.3, -0.25) is 13.9 Å². The molecule has 11 heteroatoms. The molecular formula is C34H42ClN3O6S. The van der Waals surface area contributed by atoms with Crippen molar-refractivity contribution in [1.82, 2.24) is 10.2 Å². The molecule has 1 N–H and O–H groups in total. The van der Waals surface area contributed by atoms with Gasteiger partial charge in [0.1, 0.15) is 12.6 Å². The molecule has 1 aliphatic carbocycles. The van der Waals surface area contributed by atoms with E-state index in [-0.39, 0.29) is 29.1 Å². The summed E-state index contributed by atoms with van der Waals surface area (Å²) in [6, 6.07) is 17.5. The van der Waals surface area contributed by atoms with Gasteiger partial charge >= 0.3 is 0 Å². The molecule has 1 aliphatic rings. The number of nitrogens with one attached hydrogen (secondary N) is 1. The number of hydrogen-bond acceptors (Lipinski definition) is 6. The molecule has 4 rings (SSSR count). The van der Waals surface area contributed by atoms with Gasteiger partial charge in [-0.1, -0.05) is 67.6 Å². The molecule has 0 spiro atoms. The smallest absolute Gasteiger partial charge is 0.264 e. The third-order valence-corrected chi connectivity index (χ3v) is 10.2. The number of benzene rings is 3. The van der Waals surface area contributed by atoms with E-state index in [0.29, 0.717) is 22.9 Å². The molecule has 2 amide bonds. The average molecular weight is 656 g/mol. The summed E-state index contributed by atoms with van der Waals surface area (Å²) in [7, 11) is -1.39. The number of ether oxygens (including phenoxy) is 2. The Morgan fingerprint density at radius 3 is 2.18 bits per heavy atom. The SMILES string of the molecule is CCC(C(=O)NC1CCCCC1)N(Cc1ccc(Cl)cc1)C(=O)CN(c1ccc(C)cc1)S(=O)(=O)c1ccc(OC)c(OC)c1. The fraction of sp³-hybridized carbons (Fsp3) is 0.412. The van der Waals surface area contributed by atoms with E-state index in [0.717, 1.165) is 47.5 Å². The zero-order valence-corrected chi connectivity index (χ0v) is 27.9. The van der Waals surface area contributed by atoms with Gasteiger partial charge in [0.05, 0.1) is 24.8 Å². The molecule has 0 heterocycles. The van der Waals surface area contributed by atoms with Gasteiger partial charge < -0.3 is 19.7 Å². The molecule has 0 aliphatic heterocycles. The van der Waals surface area contributed by atoms with Crippen molar-refractivity contribution in [1.29, 1.82) is 0 Å². The fourth-order valence-electron chi connectivity index (χ4n) is 5.59. The maximum absolute atomic E-state index is 14.3. The first-order chi connectivity index (χ1) is 21.6. The van der Waals surface area contributed by atoms with E-state index in [2.05, 4.69) is 5.32 Å². The molecule has 242 valence electrons. The van der Waals surface area contributed by atoms with E-state index in [9.17, 15) is 18.0 Å². The normalized spacial score (nSPS) is 14.3. The van der Waals surface area contributed by atoms with Crippen LogP contribution in [0, 0.1) is 6.92 Å². The zero-order valence-electron chi connectivity index (χ0n) is 26.3. The fourth-order valence-corrected chi connectivity index (χ4v) is 7.15. The first-order valence-electron chi connectivity index (χ1n) is 15.2. The first-order valence-corrected chi connectivity index (χ1v) is 17.0. The van der Waals surface area contributed by atoms with Crippen LogP contribution in [-0.4, -0.2) is 58.0 Å². The van der Waals surface area contributed by atoms with E-state index < -0.39 is 28.5 Å². The highest BCUT2D eigenvalue weighted by Gasteiger charge is 2.34. The molecule has 0 bridgehead atoms. The lowest BCUT2D eigenvalue weighted by molar-refractivity contribution is -0.140. The van der Waals surface area contributed by atoms with Crippen molar-refractivity contribution >= 4 is 39.1 Å². The van der Waals surface area contributed by atoms with E-state index >= 15 is 0 Å². The van der Waals surface area contributed by atoms with Crippen molar-refractivity contribution in [3.63, 3.8) is 0 Å². The third-order valence-electron chi connectivity index (χ3n) is 8.15.